The number of nitrogens with zero attached hydrogens (tertiary/aromatic N) is 4. The molecule has 53 heavy (non-hydrogen) atoms. The maximum Gasteiger partial charge on any atom is 0.226 e. The van der Waals surface area contributed by atoms with E-state index in [-0.39, 0.29) is 53.1 Å². The lowest BCUT2D eigenvalue weighted by molar-refractivity contribution is -0.134. The van der Waals surface area contributed by atoms with Gasteiger partial charge in [0.25, 0.3) is 0 Å². The first-order valence-corrected chi connectivity index (χ1v) is 19.8. The van der Waals surface area contributed by atoms with Crippen molar-refractivity contribution in [1.29, 1.82) is 5.26 Å². The molecule has 5 aromatic rings. The third kappa shape index (κ3) is 5.33. The van der Waals surface area contributed by atoms with Crippen LogP contribution in [0.4, 0.5) is 4.39 Å². The molecule has 6 aliphatic rings. The van der Waals surface area contributed by atoms with Gasteiger partial charge in [-0.25, -0.2) is 9.37 Å². The fourth-order valence-corrected chi connectivity index (χ4v) is 10.4. The Hall–Kier alpha value is -4.00. The quantitative estimate of drug-likeness (QED) is 0.171. The van der Waals surface area contributed by atoms with Crippen LogP contribution in [0.5, 0.6) is 0 Å². The van der Waals surface area contributed by atoms with Crippen LogP contribution in [0.1, 0.15) is 84.8 Å². The summed E-state index contributed by atoms with van der Waals surface area (Å²) in [5, 5.41) is 15.6. The molecule has 10 heteroatoms. The van der Waals surface area contributed by atoms with Gasteiger partial charge in [0.05, 0.1) is 45.9 Å². The molecule has 5 fully saturated rings. The van der Waals surface area contributed by atoms with Crippen molar-refractivity contribution in [3.05, 3.63) is 98.5 Å². The Morgan fingerprint density at radius 3 is 2.72 bits per heavy atom. The van der Waals surface area contributed by atoms with E-state index in [9.17, 15) is 10.1 Å². The molecule has 3 aliphatic heterocycles. The smallest absolute Gasteiger partial charge is 0.226 e. The van der Waals surface area contributed by atoms with E-state index in [1.807, 2.05) is 13.0 Å². The van der Waals surface area contributed by atoms with Crippen LogP contribution in [0.15, 0.2) is 54.6 Å². The number of nitriles is 1. The van der Waals surface area contributed by atoms with E-state index in [1.54, 1.807) is 18.2 Å². The molecule has 11 rings (SSSR count). The Morgan fingerprint density at radius 2 is 1.94 bits per heavy atom. The minimum absolute atomic E-state index is 0.0257. The Kier molecular flexibility index (Phi) is 8.11. The maximum absolute atomic E-state index is 17.2. The lowest BCUT2D eigenvalue weighted by Gasteiger charge is -2.39. The van der Waals surface area contributed by atoms with E-state index in [4.69, 9.17) is 32.9 Å². The van der Waals surface area contributed by atoms with Crippen molar-refractivity contribution < 1.29 is 13.9 Å². The van der Waals surface area contributed by atoms with Crippen molar-refractivity contribution in [3.63, 3.8) is 0 Å². The summed E-state index contributed by atoms with van der Waals surface area (Å²) >= 11 is 13.1. The topological polar surface area (TPSA) is 83.2 Å². The van der Waals surface area contributed by atoms with Crippen LogP contribution < -0.4 is 5.32 Å². The second kappa shape index (κ2) is 12.8. The molecule has 2 saturated carbocycles. The summed E-state index contributed by atoms with van der Waals surface area (Å²) in [6, 6.07) is 20.6. The predicted molar refractivity (Wildman–Crippen MR) is 204 cm³/mol. The number of ether oxygens (including phenoxy) is 1. The van der Waals surface area contributed by atoms with Crippen LogP contribution in [0.3, 0.4) is 0 Å². The van der Waals surface area contributed by atoms with E-state index in [2.05, 4.69) is 51.2 Å². The number of benzene rings is 3. The van der Waals surface area contributed by atoms with Crippen LogP contribution in [-0.4, -0.2) is 45.6 Å². The van der Waals surface area contributed by atoms with E-state index in [0.717, 1.165) is 60.9 Å². The summed E-state index contributed by atoms with van der Waals surface area (Å²) in [4.78, 5) is 21.2. The van der Waals surface area contributed by atoms with Gasteiger partial charge in [-0.05, 0) is 86.3 Å². The Bertz CT molecular complexity index is 2370. The number of halogens is 3. The zero-order valence-electron chi connectivity index (χ0n) is 29.5. The van der Waals surface area contributed by atoms with Crippen molar-refractivity contribution >= 4 is 50.9 Å². The first-order valence-electron chi connectivity index (χ1n) is 19.1. The maximum atomic E-state index is 17.2. The number of nitrogens with one attached hydrogen (secondary N) is 1. The third-order valence-corrected chi connectivity index (χ3v) is 13.5. The normalized spacial score (nSPS) is 26.0. The Morgan fingerprint density at radius 1 is 1.09 bits per heavy atom. The van der Waals surface area contributed by atoms with Crippen molar-refractivity contribution in [2.45, 2.75) is 88.6 Å². The fraction of sp³-hybridized carbons (Fsp3) is 0.419. The molecule has 2 aromatic heterocycles. The highest BCUT2D eigenvalue weighted by molar-refractivity contribution is 6.43. The minimum atomic E-state index is -0.467. The molecular formula is C43H40Cl2FN5O2. The van der Waals surface area contributed by atoms with Gasteiger partial charge in [-0.2, -0.15) is 5.26 Å². The van der Waals surface area contributed by atoms with Crippen molar-refractivity contribution in [2.75, 3.05) is 13.1 Å². The van der Waals surface area contributed by atoms with Gasteiger partial charge >= 0.3 is 0 Å². The number of hydrogen-bond acceptors (Lipinski definition) is 5. The summed E-state index contributed by atoms with van der Waals surface area (Å²) in [6.07, 6.45) is 6.10. The molecule has 270 valence electrons. The number of rotatable bonds is 8. The molecule has 3 saturated heterocycles. The molecule has 3 aromatic carbocycles. The van der Waals surface area contributed by atoms with Crippen LogP contribution in [0.25, 0.3) is 32.9 Å². The molecule has 2 bridgehead atoms. The number of carbonyl (C=O) groups is 1. The summed E-state index contributed by atoms with van der Waals surface area (Å²) in [6.45, 7) is 3.44. The minimum Gasteiger partial charge on any atom is -0.368 e. The lowest BCUT2D eigenvalue weighted by Crippen LogP contribution is -2.41. The number of likely N-dealkylation sites (tertiary alicyclic amines) is 1. The van der Waals surface area contributed by atoms with Gasteiger partial charge in [-0.15, -0.1) is 0 Å². The molecule has 5 heterocycles. The van der Waals surface area contributed by atoms with Crippen LogP contribution >= 0.6 is 23.2 Å². The van der Waals surface area contributed by atoms with Crippen LogP contribution in [0.2, 0.25) is 10.0 Å². The van der Waals surface area contributed by atoms with Crippen LogP contribution in [-0.2, 0) is 22.4 Å². The Labute approximate surface area is 318 Å². The zero-order valence-corrected chi connectivity index (χ0v) is 31.1. The summed E-state index contributed by atoms with van der Waals surface area (Å²) in [5.74, 6) is 0.249. The number of hydrogen-bond donors (Lipinski definition) is 1. The van der Waals surface area contributed by atoms with Gasteiger partial charge < -0.3 is 19.5 Å². The van der Waals surface area contributed by atoms with E-state index in [1.165, 1.54) is 11.1 Å². The average Bonchev–Trinajstić information content (AvgIpc) is 3.58. The molecule has 1 amide bonds. The van der Waals surface area contributed by atoms with Gasteiger partial charge in [-0.3, -0.25) is 4.79 Å². The molecule has 0 radical (unpaired) electrons. The molecule has 0 spiro atoms. The van der Waals surface area contributed by atoms with Gasteiger partial charge in [0.1, 0.15) is 5.52 Å². The Balaban J connectivity index is 1.16. The average molecular weight is 749 g/mol. The number of amides is 1. The highest BCUT2D eigenvalue weighted by Crippen LogP contribution is 2.52. The fourth-order valence-electron chi connectivity index (χ4n) is 9.98. The molecule has 6 atom stereocenters. The summed E-state index contributed by atoms with van der Waals surface area (Å²) in [7, 11) is 0. The molecular weight excluding hydrogens is 708 g/mol. The van der Waals surface area contributed by atoms with Gasteiger partial charge in [0, 0.05) is 71.2 Å². The SMILES string of the molecule is Cc1nc2c(F)c(-c3cccc(Cl)c3Cl)c(CCC#N)cc2c2c1cc(C1CC(OC3CCc4ccccc43)CN1C(=O)C1CC1)n2C1C2CNC1C2. The highest BCUT2D eigenvalue weighted by atomic mass is 35.5. The van der Waals surface area contributed by atoms with Gasteiger partial charge in [0.2, 0.25) is 5.91 Å². The number of carbonyl (C=O) groups excluding carboxylic acids is 1. The van der Waals surface area contributed by atoms with Gasteiger partial charge in [-0.1, -0.05) is 59.6 Å². The number of pyridine rings is 1. The molecule has 3 aliphatic carbocycles. The van der Waals surface area contributed by atoms with E-state index >= 15 is 4.39 Å². The number of aryl methyl sites for hydroxylation is 3. The van der Waals surface area contributed by atoms with Crippen molar-refractivity contribution in [1.82, 2.24) is 19.8 Å². The number of fused-ring (bicyclic) bond motifs is 5. The number of aromatic nitrogens is 2. The van der Waals surface area contributed by atoms with Crippen molar-refractivity contribution in [2.24, 2.45) is 11.8 Å². The summed E-state index contributed by atoms with van der Waals surface area (Å²) in [5.41, 5.74) is 7.14. The highest BCUT2D eigenvalue weighted by Gasteiger charge is 2.51. The second-order valence-electron chi connectivity index (χ2n) is 15.8. The van der Waals surface area contributed by atoms with Crippen LogP contribution in [0, 0.1) is 35.9 Å². The van der Waals surface area contributed by atoms with Crippen molar-refractivity contribution in [3.8, 4) is 17.2 Å². The first kappa shape index (κ1) is 33.6. The standard InChI is InChI=1S/C43H40Cl2FN5O2/c1-22-30-19-35(34-18-27(21-50(34)43(52)24-11-12-24)53-36-14-13-23-6-2-3-8-28(23)36)51(41-26-17-33(41)48-20-26)42(30)31-16-25(7-5-15-47)37(39(46)40(31)49-22)29-9-4-10-32(44)38(29)45/h2-4,6,8-10,16,19,24,26-27,33-34,36,41,48H,5,7,11-14,17-18,20-21H2,1H3. The summed E-state index contributed by atoms with van der Waals surface area (Å²) < 4.78 is 26.6. The largest absolute Gasteiger partial charge is 0.368 e. The molecule has 6 unspecified atom stereocenters. The van der Waals surface area contributed by atoms with Gasteiger partial charge in [0.15, 0.2) is 5.82 Å². The second-order valence-corrected chi connectivity index (χ2v) is 16.6. The molecule has 7 nitrogen and oxygen atoms in total. The van der Waals surface area contributed by atoms with E-state index < -0.39 is 5.82 Å². The first-order chi connectivity index (χ1) is 25.8. The monoisotopic (exact) mass is 747 g/mol. The zero-order chi connectivity index (χ0) is 36.1. The van der Waals surface area contributed by atoms with E-state index in [0.29, 0.717) is 58.4 Å². The molecule has 1 N–H and O–H groups in total. The predicted octanol–water partition coefficient (Wildman–Crippen LogP) is 9.36. The third-order valence-electron chi connectivity index (χ3n) is 12.7. The lowest BCUT2D eigenvalue weighted by atomic mass is 9.79.